The van der Waals surface area contributed by atoms with Gasteiger partial charge in [0, 0.05) is 18.0 Å². The van der Waals surface area contributed by atoms with Crippen LogP contribution in [0.25, 0.3) is 17.0 Å². The minimum absolute atomic E-state index is 0.115. The lowest BCUT2D eigenvalue weighted by atomic mass is 10.2. The predicted octanol–water partition coefficient (Wildman–Crippen LogP) is 2.71. The summed E-state index contributed by atoms with van der Waals surface area (Å²) in [5.41, 5.74) is 1.83. The molecule has 19 heavy (non-hydrogen) atoms. The van der Waals surface area contributed by atoms with Gasteiger partial charge in [0.1, 0.15) is 5.65 Å². The topological polar surface area (TPSA) is 56.2 Å². The Morgan fingerprint density at radius 1 is 1.26 bits per heavy atom. The molecule has 0 saturated heterocycles. The number of rotatable bonds is 1. The molecule has 0 unspecified atom stereocenters. The number of hydrogen-bond donors (Lipinski definition) is 0. The van der Waals surface area contributed by atoms with Gasteiger partial charge in [-0.3, -0.25) is 0 Å². The molecule has 0 aliphatic carbocycles. The van der Waals surface area contributed by atoms with Gasteiger partial charge in [-0.2, -0.15) is 18.2 Å². The van der Waals surface area contributed by atoms with Crippen molar-refractivity contribution in [3.05, 3.63) is 36.1 Å². The maximum absolute atomic E-state index is 12.4. The minimum Gasteiger partial charge on any atom is -0.329 e. The van der Waals surface area contributed by atoms with Crippen LogP contribution in [0.5, 0.6) is 0 Å². The van der Waals surface area contributed by atoms with Crippen LogP contribution < -0.4 is 0 Å². The second-order valence-electron chi connectivity index (χ2n) is 3.98. The molecule has 0 atom stereocenters. The molecule has 0 aliphatic rings. The second kappa shape index (κ2) is 3.81. The van der Waals surface area contributed by atoms with Gasteiger partial charge in [0.15, 0.2) is 0 Å². The Morgan fingerprint density at radius 3 is 2.74 bits per heavy atom. The first-order valence-electron chi connectivity index (χ1n) is 5.30. The Balaban J connectivity index is 2.06. The summed E-state index contributed by atoms with van der Waals surface area (Å²) in [4.78, 5) is 7.54. The summed E-state index contributed by atoms with van der Waals surface area (Å²) in [6.45, 7) is 1.82. The molecule has 0 spiro atoms. The zero-order valence-electron chi connectivity index (χ0n) is 9.64. The first-order chi connectivity index (χ1) is 8.93. The zero-order valence-corrected chi connectivity index (χ0v) is 9.64. The number of pyridine rings is 1. The fraction of sp³-hybridized carbons (Fsp3) is 0.182. The van der Waals surface area contributed by atoms with Crippen molar-refractivity contribution < 1.29 is 17.7 Å². The molecule has 98 valence electrons. The molecule has 3 rings (SSSR count). The first-order valence-corrected chi connectivity index (χ1v) is 5.30. The fourth-order valence-corrected chi connectivity index (χ4v) is 1.70. The highest BCUT2D eigenvalue weighted by Gasteiger charge is 2.38. The standard InChI is InChI=1S/C11H7F3N4O/c1-6-5-18-3-2-7(4-8(18)15-6)9-16-10(19-17-9)11(12,13)14/h2-5H,1H3. The van der Waals surface area contributed by atoms with Crippen LogP contribution in [0.3, 0.4) is 0 Å². The molecule has 3 aromatic heterocycles. The van der Waals surface area contributed by atoms with Crippen LogP contribution in [0.4, 0.5) is 13.2 Å². The van der Waals surface area contributed by atoms with E-state index >= 15 is 0 Å². The molecule has 0 amide bonds. The average Bonchev–Trinajstić information content (AvgIpc) is 2.90. The van der Waals surface area contributed by atoms with E-state index in [1.54, 1.807) is 28.9 Å². The summed E-state index contributed by atoms with van der Waals surface area (Å²) < 4.78 is 43.0. The van der Waals surface area contributed by atoms with Crippen molar-refractivity contribution in [2.45, 2.75) is 13.1 Å². The molecular weight excluding hydrogens is 261 g/mol. The molecule has 0 aliphatic heterocycles. The molecule has 0 saturated carbocycles. The molecule has 3 heterocycles. The van der Waals surface area contributed by atoms with Crippen molar-refractivity contribution in [3.63, 3.8) is 0 Å². The van der Waals surface area contributed by atoms with Gasteiger partial charge in [-0.15, -0.1) is 0 Å². The SMILES string of the molecule is Cc1cn2ccc(-c3noc(C(F)(F)F)n3)cc2n1. The van der Waals surface area contributed by atoms with Crippen molar-refractivity contribution in [1.82, 2.24) is 19.5 Å². The summed E-state index contributed by atoms with van der Waals surface area (Å²) in [5.74, 6) is -1.47. The van der Waals surface area contributed by atoms with Crippen molar-refractivity contribution in [1.29, 1.82) is 0 Å². The number of aryl methyl sites for hydroxylation is 1. The van der Waals surface area contributed by atoms with Gasteiger partial charge < -0.3 is 8.92 Å². The molecule has 8 heteroatoms. The normalized spacial score (nSPS) is 12.2. The van der Waals surface area contributed by atoms with Crippen LogP contribution in [-0.4, -0.2) is 19.5 Å². The summed E-state index contributed by atoms with van der Waals surface area (Å²) in [6, 6.07) is 3.19. The van der Waals surface area contributed by atoms with Gasteiger partial charge >= 0.3 is 12.1 Å². The van der Waals surface area contributed by atoms with E-state index in [0.717, 1.165) is 5.69 Å². The van der Waals surface area contributed by atoms with Crippen LogP contribution >= 0.6 is 0 Å². The Bertz CT molecular complexity index is 744. The Hall–Kier alpha value is -2.38. The number of imidazole rings is 1. The summed E-state index contributed by atoms with van der Waals surface area (Å²) >= 11 is 0. The first kappa shape index (κ1) is 11.7. The lowest BCUT2D eigenvalue weighted by Crippen LogP contribution is -2.04. The number of alkyl halides is 3. The second-order valence-corrected chi connectivity index (χ2v) is 3.98. The van der Waals surface area contributed by atoms with Gasteiger partial charge in [-0.1, -0.05) is 5.16 Å². The van der Waals surface area contributed by atoms with E-state index in [1.807, 2.05) is 6.92 Å². The van der Waals surface area contributed by atoms with Crippen LogP contribution in [0.1, 0.15) is 11.6 Å². The summed E-state index contributed by atoms with van der Waals surface area (Å²) in [6.07, 6.45) is -1.16. The molecule has 0 fully saturated rings. The van der Waals surface area contributed by atoms with Crippen molar-refractivity contribution in [2.75, 3.05) is 0 Å². The minimum atomic E-state index is -4.64. The summed E-state index contributed by atoms with van der Waals surface area (Å²) in [7, 11) is 0. The van der Waals surface area contributed by atoms with E-state index in [9.17, 15) is 13.2 Å². The van der Waals surface area contributed by atoms with Gasteiger partial charge in [0.05, 0.1) is 5.69 Å². The Morgan fingerprint density at radius 2 is 2.05 bits per heavy atom. The molecular formula is C11H7F3N4O. The molecule has 0 N–H and O–H groups in total. The van der Waals surface area contributed by atoms with Crippen LogP contribution in [0, 0.1) is 6.92 Å². The highest BCUT2D eigenvalue weighted by Crippen LogP contribution is 2.29. The lowest BCUT2D eigenvalue weighted by molar-refractivity contribution is -0.159. The molecule has 0 bridgehead atoms. The fourth-order valence-electron chi connectivity index (χ4n) is 1.70. The molecule has 5 nitrogen and oxygen atoms in total. The molecule has 0 radical (unpaired) electrons. The number of hydrogen-bond acceptors (Lipinski definition) is 4. The van der Waals surface area contributed by atoms with Crippen molar-refractivity contribution in [3.8, 4) is 11.4 Å². The number of nitrogens with zero attached hydrogens (tertiary/aromatic N) is 4. The quantitative estimate of drug-likeness (QED) is 0.681. The van der Waals surface area contributed by atoms with E-state index in [4.69, 9.17) is 0 Å². The summed E-state index contributed by atoms with van der Waals surface area (Å²) in [5, 5.41) is 3.32. The van der Waals surface area contributed by atoms with Crippen LogP contribution in [-0.2, 0) is 6.18 Å². The largest absolute Gasteiger partial charge is 0.471 e. The van der Waals surface area contributed by atoms with Gasteiger partial charge in [-0.05, 0) is 19.1 Å². The van der Waals surface area contributed by atoms with Crippen molar-refractivity contribution >= 4 is 5.65 Å². The van der Waals surface area contributed by atoms with E-state index in [2.05, 4.69) is 19.6 Å². The van der Waals surface area contributed by atoms with Crippen LogP contribution in [0.15, 0.2) is 29.0 Å². The lowest BCUT2D eigenvalue weighted by Gasteiger charge is -1.97. The number of aromatic nitrogens is 4. The maximum Gasteiger partial charge on any atom is 0.471 e. The predicted molar refractivity (Wildman–Crippen MR) is 58.2 cm³/mol. The third kappa shape index (κ3) is 2.05. The smallest absolute Gasteiger partial charge is 0.329 e. The highest BCUT2D eigenvalue weighted by atomic mass is 19.4. The number of fused-ring (bicyclic) bond motifs is 1. The third-order valence-electron chi connectivity index (χ3n) is 2.51. The maximum atomic E-state index is 12.4. The third-order valence-corrected chi connectivity index (χ3v) is 2.51. The highest BCUT2D eigenvalue weighted by molar-refractivity contribution is 5.60. The molecule has 3 aromatic rings. The molecule has 0 aromatic carbocycles. The van der Waals surface area contributed by atoms with Gasteiger partial charge in [-0.25, -0.2) is 4.98 Å². The monoisotopic (exact) mass is 268 g/mol. The van der Waals surface area contributed by atoms with Crippen LogP contribution in [0.2, 0.25) is 0 Å². The van der Waals surface area contributed by atoms with E-state index in [0.29, 0.717) is 11.2 Å². The van der Waals surface area contributed by atoms with E-state index in [-0.39, 0.29) is 5.82 Å². The van der Waals surface area contributed by atoms with Crippen molar-refractivity contribution in [2.24, 2.45) is 0 Å². The van der Waals surface area contributed by atoms with Gasteiger partial charge in [0.25, 0.3) is 0 Å². The average molecular weight is 268 g/mol. The van der Waals surface area contributed by atoms with E-state index in [1.165, 1.54) is 0 Å². The Kier molecular flexibility index (Phi) is 2.34. The Labute approximate surface area is 104 Å². The zero-order chi connectivity index (χ0) is 13.6. The van der Waals surface area contributed by atoms with Gasteiger partial charge in [0.2, 0.25) is 5.82 Å². The number of halogens is 3. The van der Waals surface area contributed by atoms with E-state index < -0.39 is 12.1 Å².